The molecule has 2 aliphatic heterocycles. The number of hydrogen-bond acceptors (Lipinski definition) is 7. The van der Waals surface area contributed by atoms with Crippen molar-refractivity contribution in [1.29, 1.82) is 0 Å². The quantitative estimate of drug-likeness (QED) is 0.674. The molecule has 164 valence electrons. The van der Waals surface area contributed by atoms with Crippen LogP contribution in [-0.4, -0.2) is 69.4 Å². The lowest BCUT2D eigenvalue weighted by Gasteiger charge is -2.44. The molecule has 1 N–H and O–H groups in total. The molecule has 2 fully saturated rings. The Morgan fingerprint density at radius 1 is 1.16 bits per heavy atom. The van der Waals surface area contributed by atoms with Crippen LogP contribution >= 0.6 is 0 Å². The van der Waals surface area contributed by atoms with Gasteiger partial charge in [0.1, 0.15) is 0 Å². The van der Waals surface area contributed by atoms with Crippen molar-refractivity contribution >= 4 is 11.0 Å². The Morgan fingerprint density at radius 2 is 2.00 bits per heavy atom. The van der Waals surface area contributed by atoms with E-state index in [9.17, 15) is 9.59 Å². The largest absolute Gasteiger partial charge is 0.381 e. The molecule has 0 radical (unpaired) electrons. The van der Waals surface area contributed by atoms with E-state index < -0.39 is 11.2 Å². The van der Waals surface area contributed by atoms with Crippen LogP contribution in [0.3, 0.4) is 0 Å². The third-order valence-corrected chi connectivity index (χ3v) is 6.46. The number of ether oxygens (including phenoxy) is 1. The summed E-state index contributed by atoms with van der Waals surface area (Å²) in [5, 5.41) is 4.81. The molecule has 0 saturated carbocycles. The van der Waals surface area contributed by atoms with Gasteiger partial charge in [-0.1, -0.05) is 11.2 Å². The van der Waals surface area contributed by atoms with Crippen LogP contribution in [-0.2, 0) is 11.3 Å². The number of piperazine rings is 1. The lowest BCUT2D eigenvalue weighted by atomic mass is 10.0. The number of hydrogen-bond donors (Lipinski definition) is 1. The summed E-state index contributed by atoms with van der Waals surface area (Å²) in [6, 6.07) is 8.36. The van der Waals surface area contributed by atoms with Crippen molar-refractivity contribution in [2.75, 3.05) is 32.8 Å². The minimum Gasteiger partial charge on any atom is -0.381 e. The molecule has 3 aromatic rings. The van der Waals surface area contributed by atoms with Crippen molar-refractivity contribution in [3.05, 3.63) is 56.9 Å². The van der Waals surface area contributed by atoms with E-state index in [1.807, 2.05) is 18.2 Å². The molecular formula is C22H27N5O4. The molecule has 0 bridgehead atoms. The van der Waals surface area contributed by atoms with E-state index in [0.717, 1.165) is 63.2 Å². The highest BCUT2D eigenvalue weighted by molar-refractivity contribution is 5.84. The zero-order valence-electron chi connectivity index (χ0n) is 17.6. The van der Waals surface area contributed by atoms with Gasteiger partial charge in [0.2, 0.25) is 0 Å². The SMILES string of the molecule is CC1CN(C2CCOCC2)CCN1Cc1ccc2onc(-n3ccc(=O)[nH]c3=O)c2c1. The van der Waals surface area contributed by atoms with Crippen molar-refractivity contribution in [2.45, 2.75) is 38.4 Å². The first-order valence-electron chi connectivity index (χ1n) is 10.8. The van der Waals surface area contributed by atoms with Crippen molar-refractivity contribution in [3.8, 4) is 5.82 Å². The molecule has 0 amide bonds. The third kappa shape index (κ3) is 4.08. The van der Waals surface area contributed by atoms with Gasteiger partial charge >= 0.3 is 5.69 Å². The normalized spacial score (nSPS) is 21.6. The number of fused-ring (bicyclic) bond motifs is 1. The van der Waals surface area contributed by atoms with E-state index in [0.29, 0.717) is 23.5 Å². The number of H-pyrrole nitrogens is 1. The van der Waals surface area contributed by atoms with Crippen LogP contribution in [0.1, 0.15) is 25.3 Å². The molecule has 2 aromatic heterocycles. The van der Waals surface area contributed by atoms with Crippen molar-refractivity contribution in [1.82, 2.24) is 24.5 Å². The fourth-order valence-corrected chi connectivity index (χ4v) is 4.70. The first kappa shape index (κ1) is 20.2. The zero-order chi connectivity index (χ0) is 21.4. The lowest BCUT2D eigenvalue weighted by molar-refractivity contribution is -0.00339. The van der Waals surface area contributed by atoms with Crippen molar-refractivity contribution in [2.24, 2.45) is 0 Å². The molecule has 5 rings (SSSR count). The molecule has 9 heteroatoms. The highest BCUT2D eigenvalue weighted by Gasteiger charge is 2.29. The van der Waals surface area contributed by atoms with Crippen LogP contribution in [0, 0.1) is 0 Å². The van der Waals surface area contributed by atoms with Crippen LogP contribution in [0.25, 0.3) is 16.8 Å². The van der Waals surface area contributed by atoms with Gasteiger partial charge in [0.15, 0.2) is 11.4 Å². The Kier molecular flexibility index (Phi) is 5.47. The van der Waals surface area contributed by atoms with Crippen molar-refractivity contribution in [3.63, 3.8) is 0 Å². The average Bonchev–Trinajstić information content (AvgIpc) is 3.19. The first-order chi connectivity index (χ1) is 15.1. The van der Waals surface area contributed by atoms with Crippen LogP contribution in [0.5, 0.6) is 0 Å². The van der Waals surface area contributed by atoms with Gasteiger partial charge in [-0.3, -0.25) is 19.6 Å². The van der Waals surface area contributed by atoms with Gasteiger partial charge in [-0.2, -0.15) is 0 Å². The molecule has 1 aromatic carbocycles. The van der Waals surface area contributed by atoms with Crippen LogP contribution in [0.4, 0.5) is 0 Å². The van der Waals surface area contributed by atoms with E-state index in [4.69, 9.17) is 9.26 Å². The Hall–Kier alpha value is -2.75. The van der Waals surface area contributed by atoms with Gasteiger partial charge in [0.05, 0.1) is 5.39 Å². The van der Waals surface area contributed by atoms with E-state index in [2.05, 4.69) is 26.9 Å². The third-order valence-electron chi connectivity index (χ3n) is 6.46. The van der Waals surface area contributed by atoms with E-state index in [1.54, 1.807) is 0 Å². The second kappa shape index (κ2) is 8.41. The number of aromatic nitrogens is 3. The van der Waals surface area contributed by atoms with Gasteiger partial charge in [0, 0.05) is 63.7 Å². The van der Waals surface area contributed by atoms with Crippen LogP contribution < -0.4 is 11.2 Å². The predicted octanol–water partition coefficient (Wildman–Crippen LogP) is 1.35. The number of benzene rings is 1. The number of nitrogens with zero attached hydrogens (tertiary/aromatic N) is 4. The number of rotatable bonds is 4. The summed E-state index contributed by atoms with van der Waals surface area (Å²) >= 11 is 0. The summed E-state index contributed by atoms with van der Waals surface area (Å²) in [6.07, 6.45) is 3.68. The Bertz CT molecular complexity index is 1180. The fourth-order valence-electron chi connectivity index (χ4n) is 4.70. The zero-order valence-corrected chi connectivity index (χ0v) is 17.6. The summed E-state index contributed by atoms with van der Waals surface area (Å²) in [6.45, 7) is 8.02. The maximum Gasteiger partial charge on any atom is 0.334 e. The summed E-state index contributed by atoms with van der Waals surface area (Å²) < 4.78 is 12.2. The molecule has 4 heterocycles. The van der Waals surface area contributed by atoms with Gasteiger partial charge in [-0.25, -0.2) is 9.36 Å². The topological polar surface area (TPSA) is 96.6 Å². The van der Waals surface area contributed by atoms with Crippen molar-refractivity contribution < 1.29 is 9.26 Å². The minimum absolute atomic E-state index is 0.385. The maximum atomic E-state index is 12.2. The Balaban J connectivity index is 1.34. The molecule has 0 spiro atoms. The molecule has 1 unspecified atom stereocenters. The van der Waals surface area contributed by atoms with Crippen LogP contribution in [0.2, 0.25) is 0 Å². The summed E-state index contributed by atoms with van der Waals surface area (Å²) in [7, 11) is 0. The summed E-state index contributed by atoms with van der Waals surface area (Å²) in [4.78, 5) is 30.9. The average molecular weight is 425 g/mol. The fraction of sp³-hybridized carbons (Fsp3) is 0.500. The predicted molar refractivity (Wildman–Crippen MR) is 116 cm³/mol. The Labute approximate surface area is 179 Å². The second-order valence-corrected chi connectivity index (χ2v) is 8.47. The standard InChI is InChI=1S/C22H27N5O4/c1-15-13-26(17-5-10-30-11-6-17)9-8-25(15)14-16-2-3-19-18(12-16)21(24-31-19)27-7-4-20(28)23-22(27)29/h2-4,7,12,15,17H,5-6,8-11,13-14H2,1H3,(H,23,28,29). The lowest BCUT2D eigenvalue weighted by Crippen LogP contribution is -2.55. The van der Waals surface area contributed by atoms with Crippen LogP contribution in [0.15, 0.2) is 44.6 Å². The van der Waals surface area contributed by atoms with Gasteiger partial charge in [-0.15, -0.1) is 0 Å². The first-order valence-corrected chi connectivity index (χ1v) is 10.8. The maximum absolute atomic E-state index is 12.2. The molecular weight excluding hydrogens is 398 g/mol. The highest BCUT2D eigenvalue weighted by atomic mass is 16.5. The molecule has 9 nitrogen and oxygen atoms in total. The highest BCUT2D eigenvalue weighted by Crippen LogP contribution is 2.25. The van der Waals surface area contributed by atoms with E-state index >= 15 is 0 Å². The second-order valence-electron chi connectivity index (χ2n) is 8.47. The molecule has 31 heavy (non-hydrogen) atoms. The van der Waals surface area contributed by atoms with E-state index in [-0.39, 0.29) is 0 Å². The molecule has 0 aliphatic carbocycles. The molecule has 2 aliphatic rings. The van der Waals surface area contributed by atoms with Gasteiger partial charge < -0.3 is 9.26 Å². The van der Waals surface area contributed by atoms with Gasteiger partial charge in [0.25, 0.3) is 5.56 Å². The molecule has 2 saturated heterocycles. The number of nitrogens with one attached hydrogen (secondary N) is 1. The monoisotopic (exact) mass is 425 g/mol. The molecule has 1 atom stereocenters. The summed E-state index contributed by atoms with van der Waals surface area (Å²) in [5.41, 5.74) is 0.768. The smallest absolute Gasteiger partial charge is 0.334 e. The minimum atomic E-state index is -0.536. The van der Waals surface area contributed by atoms with E-state index in [1.165, 1.54) is 16.8 Å². The van der Waals surface area contributed by atoms with Gasteiger partial charge in [-0.05, 0) is 37.5 Å². The Morgan fingerprint density at radius 3 is 2.77 bits per heavy atom. The number of aromatic amines is 1. The summed E-state index contributed by atoms with van der Waals surface area (Å²) in [5.74, 6) is 0.385.